The van der Waals surface area contributed by atoms with Gasteiger partial charge in [0.1, 0.15) is 30.3 Å². The molecule has 2 aromatic heterocycles. The van der Waals surface area contributed by atoms with Gasteiger partial charge in [-0.2, -0.15) is 0 Å². The van der Waals surface area contributed by atoms with E-state index in [9.17, 15) is 9.90 Å². The van der Waals surface area contributed by atoms with Gasteiger partial charge in [-0.25, -0.2) is 9.97 Å². The quantitative estimate of drug-likeness (QED) is 0.655. The number of anilines is 1. The second-order valence-corrected chi connectivity index (χ2v) is 5.94. The first kappa shape index (κ1) is 15.6. The summed E-state index contributed by atoms with van der Waals surface area (Å²) in [6.45, 7) is 3.91. The average molecular weight is 316 g/mol. The number of hydrogen-bond donors (Lipinski definition) is 2. The fraction of sp³-hybridized carbons (Fsp3) is 0.438. The summed E-state index contributed by atoms with van der Waals surface area (Å²) in [5.41, 5.74) is 8.30. The molecule has 23 heavy (non-hydrogen) atoms. The van der Waals surface area contributed by atoms with Crippen LogP contribution in [-0.2, 0) is 9.53 Å². The summed E-state index contributed by atoms with van der Waals surface area (Å²) in [6, 6.07) is 0. The Hall–Kier alpha value is -2.25. The molecule has 0 radical (unpaired) electrons. The highest BCUT2D eigenvalue weighted by Crippen LogP contribution is 2.38. The molecular weight excluding hydrogens is 296 g/mol. The minimum Gasteiger partial charge on any atom is -0.394 e. The standard InChI is InChI=1S/C16H20N4O3/c1-9(3-4-21)12-6-20(15-13(12)14(17)18-8-19-15)16-10(2)5-11(7-22)23-16/h3-4,6,8,10-11,16,22H,5,7H2,1-2H3,(H2,17,18,19)/b9-3-/t10-,11-,16?/m0/s1. The third-order valence-electron chi connectivity index (χ3n) is 4.31. The van der Waals surface area contributed by atoms with Gasteiger partial charge in [0.25, 0.3) is 0 Å². The maximum Gasteiger partial charge on any atom is 0.148 e. The van der Waals surface area contributed by atoms with E-state index in [1.165, 1.54) is 12.4 Å². The maximum absolute atomic E-state index is 10.8. The predicted octanol–water partition coefficient (Wildman–Crippen LogP) is 1.53. The molecule has 3 heterocycles. The van der Waals surface area contributed by atoms with Crippen LogP contribution < -0.4 is 5.73 Å². The molecule has 2 aromatic rings. The first-order chi connectivity index (χ1) is 11.1. The van der Waals surface area contributed by atoms with E-state index < -0.39 is 0 Å². The fourth-order valence-corrected chi connectivity index (χ4v) is 3.17. The van der Waals surface area contributed by atoms with E-state index in [1.54, 1.807) is 0 Å². The molecule has 1 fully saturated rings. The van der Waals surface area contributed by atoms with E-state index in [0.29, 0.717) is 16.9 Å². The first-order valence-corrected chi connectivity index (χ1v) is 7.56. The summed E-state index contributed by atoms with van der Waals surface area (Å²) < 4.78 is 7.85. The maximum atomic E-state index is 10.8. The molecule has 0 spiro atoms. The lowest BCUT2D eigenvalue weighted by Crippen LogP contribution is -2.15. The van der Waals surface area contributed by atoms with E-state index in [-0.39, 0.29) is 24.9 Å². The zero-order valence-electron chi connectivity index (χ0n) is 13.1. The van der Waals surface area contributed by atoms with Gasteiger partial charge in [0.05, 0.1) is 18.1 Å². The van der Waals surface area contributed by atoms with Crippen molar-refractivity contribution in [1.29, 1.82) is 0 Å². The topological polar surface area (TPSA) is 103 Å². The van der Waals surface area contributed by atoms with Crippen molar-refractivity contribution >= 4 is 28.7 Å². The summed E-state index contributed by atoms with van der Waals surface area (Å²) in [7, 11) is 0. The Balaban J connectivity index is 2.17. The smallest absolute Gasteiger partial charge is 0.148 e. The monoisotopic (exact) mass is 316 g/mol. The second-order valence-electron chi connectivity index (χ2n) is 5.94. The lowest BCUT2D eigenvalue weighted by molar-refractivity contribution is -0.104. The minimum absolute atomic E-state index is 0.00586. The van der Waals surface area contributed by atoms with Crippen molar-refractivity contribution in [2.75, 3.05) is 12.3 Å². The zero-order valence-corrected chi connectivity index (χ0v) is 13.1. The summed E-state index contributed by atoms with van der Waals surface area (Å²) in [6.07, 6.45) is 5.91. The first-order valence-electron chi connectivity index (χ1n) is 7.56. The van der Waals surface area contributed by atoms with E-state index in [4.69, 9.17) is 10.5 Å². The lowest BCUT2D eigenvalue weighted by Gasteiger charge is -2.18. The molecular formula is C16H20N4O3. The number of nitrogens with zero attached hydrogens (tertiary/aromatic N) is 3. The zero-order chi connectivity index (χ0) is 16.6. The third kappa shape index (κ3) is 2.62. The average Bonchev–Trinajstić information content (AvgIpc) is 3.09. The van der Waals surface area contributed by atoms with Crippen molar-refractivity contribution in [2.24, 2.45) is 5.92 Å². The van der Waals surface area contributed by atoms with Crippen molar-refractivity contribution in [1.82, 2.24) is 14.5 Å². The second kappa shape index (κ2) is 6.10. The number of aromatic nitrogens is 3. The van der Waals surface area contributed by atoms with Gasteiger partial charge < -0.3 is 20.1 Å². The van der Waals surface area contributed by atoms with Crippen LogP contribution in [-0.4, -0.2) is 38.6 Å². The summed E-state index contributed by atoms with van der Waals surface area (Å²) in [5, 5.41) is 10.1. The van der Waals surface area contributed by atoms with Crippen LogP contribution in [0.4, 0.5) is 5.82 Å². The summed E-state index contributed by atoms with van der Waals surface area (Å²) in [4.78, 5) is 19.2. The lowest BCUT2D eigenvalue weighted by atomic mass is 10.1. The Labute approximate surface area is 133 Å². The molecule has 3 atom stereocenters. The van der Waals surface area contributed by atoms with Gasteiger partial charge >= 0.3 is 0 Å². The molecule has 1 aliphatic heterocycles. The molecule has 1 saturated heterocycles. The van der Waals surface area contributed by atoms with Crippen LogP contribution in [0.1, 0.15) is 32.1 Å². The molecule has 0 saturated carbocycles. The van der Waals surface area contributed by atoms with Crippen LogP contribution in [0.25, 0.3) is 16.6 Å². The number of nitrogens with two attached hydrogens (primary N) is 1. The predicted molar refractivity (Wildman–Crippen MR) is 86.4 cm³/mol. The van der Waals surface area contributed by atoms with E-state index in [0.717, 1.165) is 23.8 Å². The van der Waals surface area contributed by atoms with Gasteiger partial charge in [0, 0.05) is 17.7 Å². The van der Waals surface area contributed by atoms with Crippen LogP contribution in [0.5, 0.6) is 0 Å². The Morgan fingerprint density at radius 3 is 3.00 bits per heavy atom. The Bertz CT molecular complexity index is 768. The largest absolute Gasteiger partial charge is 0.394 e. The van der Waals surface area contributed by atoms with Gasteiger partial charge in [0.15, 0.2) is 0 Å². The highest BCUT2D eigenvalue weighted by Gasteiger charge is 2.34. The number of rotatable bonds is 4. The number of aliphatic hydroxyl groups excluding tert-OH is 1. The van der Waals surface area contributed by atoms with E-state index in [2.05, 4.69) is 16.9 Å². The van der Waals surface area contributed by atoms with Crippen molar-refractivity contribution in [3.8, 4) is 0 Å². The Morgan fingerprint density at radius 1 is 1.57 bits per heavy atom. The Kier molecular flexibility index (Phi) is 4.14. The third-order valence-corrected chi connectivity index (χ3v) is 4.31. The molecule has 0 amide bonds. The van der Waals surface area contributed by atoms with Gasteiger partial charge in [0.2, 0.25) is 0 Å². The number of carbonyl (C=O) groups excluding carboxylic acids is 1. The summed E-state index contributed by atoms with van der Waals surface area (Å²) in [5.74, 6) is 0.592. The minimum atomic E-state index is -0.235. The van der Waals surface area contributed by atoms with Crippen LogP contribution in [0, 0.1) is 5.92 Å². The van der Waals surface area contributed by atoms with Gasteiger partial charge in [-0.05, 0) is 25.0 Å². The highest BCUT2D eigenvalue weighted by molar-refractivity contribution is 5.99. The molecule has 1 aliphatic rings. The van der Waals surface area contributed by atoms with Crippen molar-refractivity contribution in [3.63, 3.8) is 0 Å². The molecule has 3 N–H and O–H groups in total. The molecule has 0 aromatic carbocycles. The Morgan fingerprint density at radius 2 is 2.35 bits per heavy atom. The normalized spacial score (nSPS) is 25.2. The number of aliphatic hydroxyl groups is 1. The number of ether oxygens (including phenoxy) is 1. The van der Waals surface area contributed by atoms with E-state index >= 15 is 0 Å². The van der Waals surface area contributed by atoms with E-state index in [1.807, 2.05) is 17.7 Å². The number of aldehydes is 1. The van der Waals surface area contributed by atoms with Gasteiger partial charge in [-0.3, -0.25) is 4.79 Å². The molecule has 0 bridgehead atoms. The van der Waals surface area contributed by atoms with Crippen LogP contribution in [0.3, 0.4) is 0 Å². The number of hydrogen-bond acceptors (Lipinski definition) is 6. The SMILES string of the molecule is C/C(=C/C=O)c1cn(C2O[C@H](CO)C[C@@H]2C)c2ncnc(N)c12. The van der Waals surface area contributed by atoms with Crippen LogP contribution >= 0.6 is 0 Å². The van der Waals surface area contributed by atoms with Crippen molar-refractivity contribution < 1.29 is 14.6 Å². The van der Waals surface area contributed by atoms with Gasteiger partial charge in [-0.15, -0.1) is 0 Å². The molecule has 1 unspecified atom stereocenters. The number of fused-ring (bicyclic) bond motifs is 1. The van der Waals surface area contributed by atoms with Gasteiger partial charge in [-0.1, -0.05) is 6.92 Å². The van der Waals surface area contributed by atoms with Crippen LogP contribution in [0.15, 0.2) is 18.6 Å². The van der Waals surface area contributed by atoms with Crippen molar-refractivity contribution in [3.05, 3.63) is 24.2 Å². The molecule has 7 heteroatoms. The van der Waals surface area contributed by atoms with Crippen molar-refractivity contribution in [2.45, 2.75) is 32.6 Å². The number of nitrogen functional groups attached to an aromatic ring is 1. The molecule has 0 aliphatic carbocycles. The summed E-state index contributed by atoms with van der Waals surface area (Å²) >= 11 is 0. The molecule has 7 nitrogen and oxygen atoms in total. The number of allylic oxidation sites excluding steroid dienone is 2. The fourth-order valence-electron chi connectivity index (χ4n) is 3.17. The van der Waals surface area contributed by atoms with Crippen LogP contribution in [0.2, 0.25) is 0 Å². The molecule has 3 rings (SSSR count). The number of carbonyl (C=O) groups is 1. The molecule has 122 valence electrons. The highest BCUT2D eigenvalue weighted by atomic mass is 16.5.